The summed E-state index contributed by atoms with van der Waals surface area (Å²) < 4.78 is 18.0. The highest BCUT2D eigenvalue weighted by Crippen LogP contribution is 2.34. The van der Waals surface area contributed by atoms with Gasteiger partial charge in [-0.15, -0.1) is 0 Å². The molecule has 4 aromatic rings. The molecule has 0 spiro atoms. The molecule has 0 bridgehead atoms. The number of thioether (sulfide) groups is 1. The minimum atomic E-state index is -0.199. The summed E-state index contributed by atoms with van der Waals surface area (Å²) in [5.41, 5.74) is 2.03. The Morgan fingerprint density at radius 2 is 1.74 bits per heavy atom. The lowest BCUT2D eigenvalue weighted by Gasteiger charge is -2.36. The zero-order chi connectivity index (χ0) is 26.1. The molecule has 1 amide bonds. The molecule has 194 valence electrons. The van der Waals surface area contributed by atoms with E-state index >= 15 is 0 Å². The standard InChI is InChI=1S/C28H26N4O5S/c1-35-23-9-5-4-8-22(23)30-12-14-31(15-13-30)26(33)17-38-28-29-21-7-3-2-6-20(21)27(34)32(28)19-10-11-24-25(16-19)37-18-36-24/h2-11,16H,12-15,17-18H2,1H3. The van der Waals surface area contributed by atoms with Gasteiger partial charge in [0, 0.05) is 32.2 Å². The number of benzene rings is 3. The first kappa shape index (κ1) is 24.2. The number of hydrogen-bond acceptors (Lipinski definition) is 8. The number of carbonyl (C=O) groups is 1. The van der Waals surface area contributed by atoms with Gasteiger partial charge < -0.3 is 24.0 Å². The number of anilines is 1. The monoisotopic (exact) mass is 530 g/mol. The Morgan fingerprint density at radius 1 is 0.974 bits per heavy atom. The lowest BCUT2D eigenvalue weighted by molar-refractivity contribution is -0.128. The molecule has 3 heterocycles. The lowest BCUT2D eigenvalue weighted by Crippen LogP contribution is -2.49. The van der Waals surface area contributed by atoms with Crippen molar-refractivity contribution in [3.63, 3.8) is 0 Å². The Hall–Kier alpha value is -4.18. The van der Waals surface area contributed by atoms with Gasteiger partial charge >= 0.3 is 0 Å². The second-order valence-corrected chi connectivity index (χ2v) is 9.86. The summed E-state index contributed by atoms with van der Waals surface area (Å²) in [7, 11) is 1.67. The SMILES string of the molecule is COc1ccccc1N1CCN(C(=O)CSc2nc3ccccc3c(=O)n2-c2ccc3c(c2)OCO3)CC1. The van der Waals surface area contributed by atoms with Gasteiger partial charge in [-0.2, -0.15) is 0 Å². The van der Waals surface area contributed by atoms with E-state index in [1.165, 1.54) is 11.8 Å². The summed E-state index contributed by atoms with van der Waals surface area (Å²) in [6, 6.07) is 20.5. The molecule has 9 nitrogen and oxygen atoms in total. The molecule has 1 saturated heterocycles. The van der Waals surface area contributed by atoms with Crippen LogP contribution in [0.4, 0.5) is 5.69 Å². The summed E-state index contributed by atoms with van der Waals surface area (Å²) in [6.45, 7) is 2.79. The molecule has 2 aliphatic rings. The smallest absolute Gasteiger partial charge is 0.266 e. The summed E-state index contributed by atoms with van der Waals surface area (Å²) in [6.07, 6.45) is 0. The van der Waals surface area contributed by atoms with Gasteiger partial charge in [-0.25, -0.2) is 4.98 Å². The van der Waals surface area contributed by atoms with Crippen LogP contribution in [0.3, 0.4) is 0 Å². The van der Waals surface area contributed by atoms with E-state index in [4.69, 9.17) is 19.2 Å². The Labute approximate surface area is 223 Å². The number of amides is 1. The fourth-order valence-corrected chi connectivity index (χ4v) is 5.68. The van der Waals surface area contributed by atoms with E-state index in [2.05, 4.69) is 4.90 Å². The maximum Gasteiger partial charge on any atom is 0.266 e. The summed E-state index contributed by atoms with van der Waals surface area (Å²) >= 11 is 1.26. The van der Waals surface area contributed by atoms with Crippen molar-refractivity contribution in [2.24, 2.45) is 0 Å². The minimum absolute atomic E-state index is 0.00863. The van der Waals surface area contributed by atoms with Crippen molar-refractivity contribution in [1.82, 2.24) is 14.5 Å². The number of methoxy groups -OCH3 is 1. The van der Waals surface area contributed by atoms with Gasteiger partial charge in [0.15, 0.2) is 16.7 Å². The van der Waals surface area contributed by atoms with Crippen molar-refractivity contribution in [1.29, 1.82) is 0 Å². The Balaban J connectivity index is 1.21. The number of para-hydroxylation sites is 3. The number of hydrogen-bond donors (Lipinski definition) is 0. The second kappa shape index (κ2) is 10.3. The number of rotatable bonds is 6. The molecule has 0 unspecified atom stereocenters. The molecule has 0 radical (unpaired) electrons. The molecule has 1 fully saturated rings. The van der Waals surface area contributed by atoms with Gasteiger partial charge in [0.2, 0.25) is 12.7 Å². The predicted octanol–water partition coefficient (Wildman–Crippen LogP) is 3.56. The quantitative estimate of drug-likeness (QED) is 0.276. The maximum absolute atomic E-state index is 13.5. The van der Waals surface area contributed by atoms with E-state index in [9.17, 15) is 9.59 Å². The molecule has 0 aliphatic carbocycles. The van der Waals surface area contributed by atoms with Crippen LogP contribution in [0.15, 0.2) is 76.7 Å². The van der Waals surface area contributed by atoms with Crippen molar-refractivity contribution in [2.45, 2.75) is 5.16 Å². The topological polar surface area (TPSA) is 86.1 Å². The zero-order valence-corrected chi connectivity index (χ0v) is 21.6. The van der Waals surface area contributed by atoms with Crippen molar-refractivity contribution in [3.8, 4) is 22.9 Å². The number of carbonyl (C=O) groups excluding carboxylic acids is 1. The molecule has 3 aromatic carbocycles. The first-order valence-corrected chi connectivity index (χ1v) is 13.3. The van der Waals surface area contributed by atoms with Crippen molar-refractivity contribution >= 4 is 34.3 Å². The normalized spacial score (nSPS) is 14.7. The number of piperazine rings is 1. The molecular formula is C28H26N4O5S. The van der Waals surface area contributed by atoms with Crippen LogP contribution >= 0.6 is 11.8 Å². The largest absolute Gasteiger partial charge is 0.495 e. The van der Waals surface area contributed by atoms with Gasteiger partial charge in [-0.1, -0.05) is 36.0 Å². The molecule has 6 rings (SSSR count). The first-order valence-electron chi connectivity index (χ1n) is 12.3. The van der Waals surface area contributed by atoms with Gasteiger partial charge in [0.25, 0.3) is 5.56 Å². The Bertz CT molecular complexity index is 1560. The van der Waals surface area contributed by atoms with E-state index in [-0.39, 0.29) is 24.0 Å². The van der Waals surface area contributed by atoms with Crippen LogP contribution in [-0.4, -0.2) is 66.2 Å². The van der Waals surface area contributed by atoms with Crippen LogP contribution in [0.25, 0.3) is 16.6 Å². The van der Waals surface area contributed by atoms with Crippen LogP contribution < -0.4 is 24.7 Å². The summed E-state index contributed by atoms with van der Waals surface area (Å²) in [5, 5.41) is 0.960. The van der Waals surface area contributed by atoms with E-state index in [1.54, 1.807) is 35.9 Å². The van der Waals surface area contributed by atoms with Gasteiger partial charge in [0.05, 0.1) is 35.1 Å². The third kappa shape index (κ3) is 4.51. The average Bonchev–Trinajstić information content (AvgIpc) is 3.44. The van der Waals surface area contributed by atoms with Crippen LogP contribution in [0, 0.1) is 0 Å². The summed E-state index contributed by atoms with van der Waals surface area (Å²) in [4.78, 5) is 35.6. The fourth-order valence-electron chi connectivity index (χ4n) is 4.77. The van der Waals surface area contributed by atoms with Gasteiger partial charge in [0.1, 0.15) is 5.75 Å². The molecule has 0 saturated carbocycles. The van der Waals surface area contributed by atoms with E-state index < -0.39 is 0 Å². The highest BCUT2D eigenvalue weighted by Gasteiger charge is 2.24. The molecule has 0 N–H and O–H groups in total. The second-order valence-electron chi connectivity index (χ2n) is 8.92. The third-order valence-corrected chi connectivity index (χ3v) is 7.67. The number of ether oxygens (including phenoxy) is 3. The zero-order valence-electron chi connectivity index (χ0n) is 20.8. The van der Waals surface area contributed by atoms with Crippen molar-refractivity contribution in [2.75, 3.05) is 50.7 Å². The molecule has 38 heavy (non-hydrogen) atoms. The molecule has 10 heteroatoms. The fraction of sp³-hybridized carbons (Fsp3) is 0.250. The maximum atomic E-state index is 13.5. The van der Waals surface area contributed by atoms with Gasteiger partial charge in [-0.05, 0) is 36.4 Å². The predicted molar refractivity (Wildman–Crippen MR) is 146 cm³/mol. The summed E-state index contributed by atoms with van der Waals surface area (Å²) in [5.74, 6) is 2.21. The molecular weight excluding hydrogens is 504 g/mol. The van der Waals surface area contributed by atoms with E-state index in [0.717, 1.165) is 11.4 Å². The molecule has 1 aromatic heterocycles. The molecule has 2 aliphatic heterocycles. The highest BCUT2D eigenvalue weighted by molar-refractivity contribution is 7.99. The van der Waals surface area contributed by atoms with Crippen molar-refractivity contribution in [3.05, 3.63) is 77.1 Å². The van der Waals surface area contributed by atoms with Crippen molar-refractivity contribution < 1.29 is 19.0 Å². The Kier molecular flexibility index (Phi) is 6.55. The third-order valence-electron chi connectivity index (χ3n) is 6.74. The lowest BCUT2D eigenvalue weighted by atomic mass is 10.2. The van der Waals surface area contributed by atoms with Crippen LogP contribution in [0.1, 0.15) is 0 Å². The van der Waals surface area contributed by atoms with Gasteiger partial charge in [-0.3, -0.25) is 14.2 Å². The Morgan fingerprint density at radius 3 is 2.58 bits per heavy atom. The first-order chi connectivity index (χ1) is 18.6. The van der Waals surface area contributed by atoms with Crippen LogP contribution in [-0.2, 0) is 4.79 Å². The molecule has 0 atom stereocenters. The number of aromatic nitrogens is 2. The van der Waals surface area contributed by atoms with Crippen LogP contribution in [0.2, 0.25) is 0 Å². The van der Waals surface area contributed by atoms with E-state index in [0.29, 0.717) is 59.4 Å². The highest BCUT2D eigenvalue weighted by atomic mass is 32.2. The number of nitrogens with zero attached hydrogens (tertiary/aromatic N) is 4. The van der Waals surface area contributed by atoms with Crippen LogP contribution in [0.5, 0.6) is 17.2 Å². The minimum Gasteiger partial charge on any atom is -0.495 e. The van der Waals surface area contributed by atoms with E-state index in [1.807, 2.05) is 47.4 Å². The number of fused-ring (bicyclic) bond motifs is 2. The average molecular weight is 531 g/mol.